The molecule has 33 heavy (non-hydrogen) atoms. The minimum absolute atomic E-state index is 0.0690. The highest BCUT2D eigenvalue weighted by atomic mass is 35.5. The van der Waals surface area contributed by atoms with Crippen molar-refractivity contribution >= 4 is 34.7 Å². The van der Waals surface area contributed by atoms with Crippen LogP contribution in [0.5, 0.6) is 0 Å². The predicted octanol–water partition coefficient (Wildman–Crippen LogP) is 1.93. The third kappa shape index (κ3) is 5.20. The smallest absolute Gasteiger partial charge is 0.223 e. The third-order valence-electron chi connectivity index (χ3n) is 6.61. The second-order valence-electron chi connectivity index (χ2n) is 8.69. The van der Waals surface area contributed by atoms with E-state index < -0.39 is 0 Å². The van der Waals surface area contributed by atoms with Gasteiger partial charge in [0.2, 0.25) is 5.91 Å². The zero-order valence-corrected chi connectivity index (χ0v) is 19.4. The first-order chi connectivity index (χ1) is 16.2. The van der Waals surface area contributed by atoms with Gasteiger partial charge in [-0.3, -0.25) is 9.69 Å². The first-order valence-electron chi connectivity index (χ1n) is 11.6. The number of aromatic nitrogens is 4. The third-order valence-corrected chi connectivity index (χ3v) is 6.85. The molecule has 5 rings (SSSR count). The van der Waals surface area contributed by atoms with Crippen LogP contribution in [0.2, 0.25) is 5.02 Å². The van der Waals surface area contributed by atoms with E-state index in [-0.39, 0.29) is 11.8 Å². The van der Waals surface area contributed by atoms with E-state index in [4.69, 9.17) is 11.6 Å². The fourth-order valence-electron chi connectivity index (χ4n) is 4.64. The number of hydrogen-bond acceptors (Lipinski definition) is 7. The Kier molecular flexibility index (Phi) is 6.59. The van der Waals surface area contributed by atoms with Gasteiger partial charge in [0.25, 0.3) is 0 Å². The van der Waals surface area contributed by atoms with Crippen LogP contribution in [-0.4, -0.2) is 83.0 Å². The summed E-state index contributed by atoms with van der Waals surface area (Å²) in [5.41, 5.74) is 1.91. The maximum absolute atomic E-state index is 12.7. The molecule has 0 spiro atoms. The Labute approximate surface area is 198 Å². The summed E-state index contributed by atoms with van der Waals surface area (Å²) in [6.07, 6.45) is 3.29. The number of nitrogens with zero attached hydrogens (tertiary/aromatic N) is 7. The lowest BCUT2D eigenvalue weighted by atomic mass is 9.96. The van der Waals surface area contributed by atoms with Crippen LogP contribution in [0.4, 0.5) is 11.5 Å². The number of carbonyl (C=O) groups is 1. The summed E-state index contributed by atoms with van der Waals surface area (Å²) in [6.45, 7) is 7.16. The van der Waals surface area contributed by atoms with Crippen LogP contribution in [0, 0.1) is 5.92 Å². The molecule has 2 aliphatic heterocycles. The molecule has 4 heterocycles. The number of fused-ring (bicyclic) bond motifs is 1. The molecule has 0 aliphatic carbocycles. The Morgan fingerprint density at radius 2 is 1.85 bits per heavy atom. The normalized spacial score (nSPS) is 18.1. The van der Waals surface area contributed by atoms with Gasteiger partial charge in [0, 0.05) is 69.0 Å². The molecule has 1 N–H and O–H groups in total. The Bertz CT molecular complexity index is 1090. The summed E-state index contributed by atoms with van der Waals surface area (Å²) in [4.78, 5) is 19.7. The van der Waals surface area contributed by atoms with Gasteiger partial charge in [0.15, 0.2) is 5.65 Å². The van der Waals surface area contributed by atoms with Gasteiger partial charge in [-0.25, -0.2) is 0 Å². The Morgan fingerprint density at radius 1 is 1.03 bits per heavy atom. The van der Waals surface area contributed by atoms with Crippen molar-refractivity contribution in [2.75, 3.05) is 62.2 Å². The molecule has 1 aromatic carbocycles. The number of hydrogen-bond donors (Lipinski definition) is 1. The summed E-state index contributed by atoms with van der Waals surface area (Å²) >= 11 is 6.12. The van der Waals surface area contributed by atoms with Gasteiger partial charge >= 0.3 is 0 Å². The zero-order chi connectivity index (χ0) is 22.6. The number of piperazine rings is 1. The lowest BCUT2D eigenvalue weighted by Crippen LogP contribution is -2.49. The number of anilines is 2. The lowest BCUT2D eigenvalue weighted by molar-refractivity contribution is -0.125. The molecule has 0 radical (unpaired) electrons. The van der Waals surface area contributed by atoms with Crippen molar-refractivity contribution in [3.8, 4) is 0 Å². The van der Waals surface area contributed by atoms with Crippen molar-refractivity contribution in [3.05, 3.63) is 47.7 Å². The fourth-order valence-corrected chi connectivity index (χ4v) is 4.83. The molecule has 0 saturated carbocycles. The van der Waals surface area contributed by atoms with Gasteiger partial charge in [-0.05, 0) is 43.2 Å². The number of halogens is 1. The van der Waals surface area contributed by atoms with E-state index in [9.17, 15) is 4.79 Å². The molecule has 2 aliphatic rings. The maximum Gasteiger partial charge on any atom is 0.223 e. The molecule has 2 saturated heterocycles. The molecule has 0 unspecified atom stereocenters. The van der Waals surface area contributed by atoms with Gasteiger partial charge in [0.1, 0.15) is 12.1 Å². The SMILES string of the molecule is O=C(NCCN1CCN(c2cccc(Cl)c2)CC1)C1CCN(c2ccc3nncn3n2)CC1. The van der Waals surface area contributed by atoms with Gasteiger partial charge in [-0.2, -0.15) is 4.52 Å². The quantitative estimate of drug-likeness (QED) is 0.592. The van der Waals surface area contributed by atoms with Crippen molar-refractivity contribution in [3.63, 3.8) is 0 Å². The van der Waals surface area contributed by atoms with E-state index >= 15 is 0 Å². The van der Waals surface area contributed by atoms with Crippen LogP contribution in [0.3, 0.4) is 0 Å². The van der Waals surface area contributed by atoms with E-state index in [0.717, 1.165) is 75.1 Å². The fraction of sp³-hybridized carbons (Fsp3) is 0.478. The number of carbonyl (C=O) groups excluding carboxylic acids is 1. The van der Waals surface area contributed by atoms with Crippen molar-refractivity contribution < 1.29 is 4.79 Å². The minimum Gasteiger partial charge on any atom is -0.369 e. The summed E-state index contributed by atoms with van der Waals surface area (Å²) in [5, 5.41) is 16.4. The standard InChI is InChI=1S/C23H29ClN8O/c24-19-2-1-3-20(16-19)30-14-12-29(13-15-30)11-8-25-23(33)18-6-9-31(10-7-18)22-5-4-21-27-26-17-32(21)28-22/h1-5,16-18H,6-15H2,(H,25,33). The first kappa shape index (κ1) is 21.9. The number of nitrogens with one attached hydrogen (secondary N) is 1. The van der Waals surface area contributed by atoms with Crippen molar-refractivity contribution in [2.45, 2.75) is 12.8 Å². The Morgan fingerprint density at radius 3 is 2.64 bits per heavy atom. The second-order valence-corrected chi connectivity index (χ2v) is 9.12. The molecular weight excluding hydrogens is 440 g/mol. The van der Waals surface area contributed by atoms with Crippen molar-refractivity contribution in [1.29, 1.82) is 0 Å². The largest absolute Gasteiger partial charge is 0.369 e. The van der Waals surface area contributed by atoms with E-state index in [2.05, 4.69) is 41.4 Å². The molecule has 0 atom stereocenters. The molecule has 9 nitrogen and oxygen atoms in total. The molecule has 174 valence electrons. The molecule has 1 amide bonds. The summed E-state index contributed by atoms with van der Waals surface area (Å²) in [5.74, 6) is 1.15. The molecule has 2 fully saturated rings. The highest BCUT2D eigenvalue weighted by molar-refractivity contribution is 6.30. The first-order valence-corrected chi connectivity index (χ1v) is 12.0. The van der Waals surface area contributed by atoms with Crippen molar-refractivity contribution in [2.24, 2.45) is 5.92 Å². The average molecular weight is 469 g/mol. The molecular formula is C23H29ClN8O. The predicted molar refractivity (Wildman–Crippen MR) is 129 cm³/mol. The number of amides is 1. The van der Waals surface area contributed by atoms with Gasteiger partial charge in [-0.1, -0.05) is 17.7 Å². The number of piperidine rings is 1. The average Bonchev–Trinajstić information content (AvgIpc) is 3.32. The lowest BCUT2D eigenvalue weighted by Gasteiger charge is -2.36. The van der Waals surface area contributed by atoms with E-state index in [1.807, 2.05) is 30.3 Å². The molecule has 0 bridgehead atoms. The van der Waals surface area contributed by atoms with Crippen molar-refractivity contribution in [1.82, 2.24) is 30.0 Å². The Balaban J connectivity index is 1.02. The van der Waals surface area contributed by atoms with Gasteiger partial charge in [0.05, 0.1) is 0 Å². The van der Waals surface area contributed by atoms with Gasteiger partial charge < -0.3 is 15.1 Å². The molecule has 10 heteroatoms. The monoisotopic (exact) mass is 468 g/mol. The number of rotatable bonds is 6. The van der Waals surface area contributed by atoms with E-state index in [0.29, 0.717) is 6.54 Å². The number of benzene rings is 1. The van der Waals surface area contributed by atoms with Crippen LogP contribution >= 0.6 is 11.6 Å². The molecule has 2 aromatic heterocycles. The van der Waals surface area contributed by atoms with E-state index in [1.54, 1.807) is 10.8 Å². The van der Waals surface area contributed by atoms with Crippen LogP contribution in [0.15, 0.2) is 42.7 Å². The van der Waals surface area contributed by atoms with Gasteiger partial charge in [-0.15, -0.1) is 15.3 Å². The van der Waals surface area contributed by atoms with E-state index in [1.165, 1.54) is 5.69 Å². The van der Waals surface area contributed by atoms with Crippen LogP contribution in [-0.2, 0) is 4.79 Å². The molecule has 3 aromatic rings. The van der Waals surface area contributed by atoms with Crippen LogP contribution < -0.4 is 15.1 Å². The van der Waals surface area contributed by atoms with Crippen LogP contribution in [0.1, 0.15) is 12.8 Å². The topological polar surface area (TPSA) is 81.9 Å². The maximum atomic E-state index is 12.7. The zero-order valence-electron chi connectivity index (χ0n) is 18.6. The highest BCUT2D eigenvalue weighted by Crippen LogP contribution is 2.22. The Hall–Kier alpha value is -2.91. The highest BCUT2D eigenvalue weighted by Gasteiger charge is 2.26. The second kappa shape index (κ2) is 9.93. The van der Waals surface area contributed by atoms with Crippen LogP contribution in [0.25, 0.3) is 5.65 Å². The summed E-state index contributed by atoms with van der Waals surface area (Å²) < 4.78 is 1.68. The summed E-state index contributed by atoms with van der Waals surface area (Å²) in [7, 11) is 0. The summed E-state index contributed by atoms with van der Waals surface area (Å²) in [6, 6.07) is 11.9. The minimum atomic E-state index is 0.0690.